The summed E-state index contributed by atoms with van der Waals surface area (Å²) in [6, 6.07) is -1.49. The number of carbonyl (C=O) groups is 2. The van der Waals surface area contributed by atoms with Gasteiger partial charge in [-0.05, 0) is 12.8 Å². The molecule has 0 aromatic heterocycles. The van der Waals surface area contributed by atoms with Gasteiger partial charge in [-0.3, -0.25) is 30.8 Å². The predicted molar refractivity (Wildman–Crippen MR) is 59.0 cm³/mol. The summed E-state index contributed by atoms with van der Waals surface area (Å²) in [6.07, 6.45) is 1.91. The molecule has 102 valence electrons. The van der Waals surface area contributed by atoms with Crippen LogP contribution in [0.2, 0.25) is 0 Å². The second-order valence-corrected chi connectivity index (χ2v) is 4.17. The van der Waals surface area contributed by atoms with Gasteiger partial charge in [0, 0.05) is 0 Å². The van der Waals surface area contributed by atoms with Gasteiger partial charge in [0.2, 0.25) is 0 Å². The molecule has 0 saturated carbocycles. The number of hydrogen-bond acceptors (Lipinski definition) is 8. The van der Waals surface area contributed by atoms with E-state index in [9.17, 15) is 20.0 Å². The van der Waals surface area contributed by atoms with E-state index >= 15 is 0 Å². The van der Waals surface area contributed by atoms with E-state index in [2.05, 4.69) is 21.9 Å². The van der Waals surface area contributed by atoms with E-state index < -0.39 is 12.1 Å². The van der Waals surface area contributed by atoms with Crippen LogP contribution in [0.1, 0.15) is 25.7 Å². The maximum Gasteiger partial charge on any atom is 0.252 e. The van der Waals surface area contributed by atoms with Gasteiger partial charge >= 0.3 is 0 Å². The van der Waals surface area contributed by atoms with Gasteiger partial charge < -0.3 is 10.4 Å². The van der Waals surface area contributed by atoms with Gasteiger partial charge in [0.1, 0.15) is 0 Å². The lowest BCUT2D eigenvalue weighted by molar-refractivity contribution is -0.122. The van der Waals surface area contributed by atoms with Crippen molar-refractivity contribution in [3.63, 3.8) is 0 Å². The maximum absolute atomic E-state index is 11.2. The van der Waals surface area contributed by atoms with Crippen LogP contribution in [0.25, 0.3) is 0 Å². The summed E-state index contributed by atoms with van der Waals surface area (Å²) in [6.45, 7) is 0. The normalized spacial score (nSPS) is 29.7. The minimum absolute atomic E-state index is 0.365. The Morgan fingerprint density at radius 2 is 1.28 bits per heavy atom. The van der Waals surface area contributed by atoms with Gasteiger partial charge in [-0.2, -0.15) is 11.1 Å². The first-order valence-corrected chi connectivity index (χ1v) is 5.63. The molecule has 4 N–H and O–H groups in total. The number of hydrogen-bond donors (Lipinski definition) is 4. The molecule has 2 aliphatic heterocycles. The topological polar surface area (TPSA) is 135 Å². The van der Waals surface area contributed by atoms with Crippen LogP contribution in [0, 0.1) is 10.4 Å². The first-order valence-electron chi connectivity index (χ1n) is 5.63. The van der Waals surface area contributed by atoms with E-state index in [1.54, 1.807) is 0 Å². The average molecular weight is 258 g/mol. The van der Waals surface area contributed by atoms with E-state index in [0.717, 1.165) is 0 Å². The zero-order valence-electron chi connectivity index (χ0n) is 9.51. The van der Waals surface area contributed by atoms with Crippen LogP contribution in [0.3, 0.4) is 0 Å². The van der Waals surface area contributed by atoms with Crippen LogP contribution in [0.15, 0.2) is 0 Å². The Kier molecular flexibility index (Phi) is 4.06. The minimum atomic E-state index is -0.746. The Morgan fingerprint density at radius 3 is 1.56 bits per heavy atom. The molecule has 0 aliphatic carbocycles. The Morgan fingerprint density at radius 1 is 0.889 bits per heavy atom. The molecule has 0 bridgehead atoms. The molecule has 2 aliphatic rings. The summed E-state index contributed by atoms with van der Waals surface area (Å²) in [4.78, 5) is 22.4. The molecule has 2 atom stereocenters. The smallest absolute Gasteiger partial charge is 0.252 e. The molecular weight excluding hydrogens is 244 g/mol. The third-order valence-electron chi connectivity index (χ3n) is 2.96. The highest BCUT2D eigenvalue weighted by molar-refractivity contribution is 5.83. The standard InChI is InChI=1S/C8H14N6O4/c15-7-5(13(17)11-9-7)3-1-2-4-6-8(16)10-12-14(6)18/h5-6,11-12H,1-4H2,(H,9,15)(H,10,16)/q-2. The first kappa shape index (κ1) is 13.1. The van der Waals surface area contributed by atoms with Gasteiger partial charge in [0.15, 0.2) is 0 Å². The zero-order chi connectivity index (χ0) is 13.1. The van der Waals surface area contributed by atoms with Gasteiger partial charge in [-0.1, -0.05) is 12.8 Å². The van der Waals surface area contributed by atoms with Crippen molar-refractivity contribution in [2.75, 3.05) is 0 Å². The lowest BCUT2D eigenvalue weighted by atomic mass is 10.0. The van der Waals surface area contributed by atoms with Crippen molar-refractivity contribution in [2.24, 2.45) is 0 Å². The van der Waals surface area contributed by atoms with Gasteiger partial charge in [-0.15, -0.1) is 0 Å². The molecule has 2 heterocycles. The summed E-state index contributed by atoms with van der Waals surface area (Å²) in [5.41, 5.74) is 8.74. The van der Waals surface area contributed by atoms with E-state index in [0.29, 0.717) is 36.0 Å². The summed E-state index contributed by atoms with van der Waals surface area (Å²) < 4.78 is 0. The second-order valence-electron chi connectivity index (χ2n) is 4.17. The van der Waals surface area contributed by atoms with E-state index in [-0.39, 0.29) is 11.8 Å². The number of unbranched alkanes of at least 4 members (excludes halogenated alkanes) is 1. The predicted octanol–water partition coefficient (Wildman–Crippen LogP) is -2.02. The zero-order valence-corrected chi connectivity index (χ0v) is 9.51. The molecule has 2 fully saturated rings. The minimum Gasteiger partial charge on any atom is -0.770 e. The quantitative estimate of drug-likeness (QED) is 0.415. The highest BCUT2D eigenvalue weighted by atomic mass is 16.6. The molecule has 2 saturated heterocycles. The fourth-order valence-corrected chi connectivity index (χ4v) is 1.93. The molecule has 18 heavy (non-hydrogen) atoms. The third kappa shape index (κ3) is 2.75. The number of hydrazine groups is 4. The highest BCUT2D eigenvalue weighted by Gasteiger charge is 2.27. The van der Waals surface area contributed by atoms with Crippen molar-refractivity contribution >= 4 is 11.8 Å². The Bertz CT molecular complexity index is 308. The van der Waals surface area contributed by atoms with Crippen molar-refractivity contribution in [2.45, 2.75) is 37.8 Å². The summed E-state index contributed by atoms with van der Waals surface area (Å²) in [7, 11) is 0. The number of carbonyl (C=O) groups excluding carboxylic acids is 2. The number of rotatable bonds is 5. The fourth-order valence-electron chi connectivity index (χ4n) is 1.93. The molecule has 0 aromatic rings. The van der Waals surface area contributed by atoms with Crippen LogP contribution in [0.4, 0.5) is 0 Å². The van der Waals surface area contributed by atoms with E-state index in [1.165, 1.54) is 0 Å². The highest BCUT2D eigenvalue weighted by Crippen LogP contribution is 2.14. The van der Waals surface area contributed by atoms with Gasteiger partial charge in [0.05, 0.1) is 12.1 Å². The van der Waals surface area contributed by atoms with Crippen molar-refractivity contribution < 1.29 is 9.59 Å². The Labute approximate surface area is 103 Å². The molecular formula is C8H14N6O4-2. The van der Waals surface area contributed by atoms with Crippen LogP contribution in [-0.4, -0.2) is 34.2 Å². The third-order valence-corrected chi connectivity index (χ3v) is 2.96. The largest absolute Gasteiger partial charge is 0.770 e. The van der Waals surface area contributed by atoms with E-state index in [4.69, 9.17) is 0 Å². The van der Waals surface area contributed by atoms with E-state index in [1.807, 2.05) is 0 Å². The van der Waals surface area contributed by atoms with Crippen LogP contribution < -0.4 is 21.9 Å². The molecule has 0 spiro atoms. The molecule has 10 nitrogen and oxygen atoms in total. The van der Waals surface area contributed by atoms with Crippen molar-refractivity contribution in [1.82, 2.24) is 32.3 Å². The summed E-state index contributed by atoms with van der Waals surface area (Å²) >= 11 is 0. The molecule has 0 aromatic carbocycles. The monoisotopic (exact) mass is 258 g/mol. The molecule has 0 radical (unpaired) electrons. The van der Waals surface area contributed by atoms with Crippen LogP contribution in [-0.2, 0) is 9.59 Å². The number of hydroxylamine groups is 2. The SMILES string of the molecule is O=C1NNN([O-])C1CCCCC1C(=O)NNN1[O-]. The Hall–Kier alpha value is -1.30. The maximum atomic E-state index is 11.2. The number of nitrogens with zero attached hydrogens (tertiary/aromatic N) is 2. The summed E-state index contributed by atoms with van der Waals surface area (Å²) in [5, 5.41) is 23.2. The van der Waals surface area contributed by atoms with Crippen molar-refractivity contribution in [3.05, 3.63) is 10.4 Å². The molecule has 2 amide bonds. The van der Waals surface area contributed by atoms with Gasteiger partial charge in [0.25, 0.3) is 11.8 Å². The summed E-state index contributed by atoms with van der Waals surface area (Å²) in [5.74, 6) is -0.730. The number of amides is 2. The molecule has 10 heteroatoms. The number of nitrogens with one attached hydrogen (secondary N) is 4. The first-order chi connectivity index (χ1) is 8.59. The lowest BCUT2D eigenvalue weighted by Crippen LogP contribution is -2.35. The fraction of sp³-hybridized carbons (Fsp3) is 0.750. The lowest BCUT2D eigenvalue weighted by Gasteiger charge is -2.27. The molecule has 2 unspecified atom stereocenters. The van der Waals surface area contributed by atoms with Crippen LogP contribution in [0.5, 0.6) is 0 Å². The second kappa shape index (κ2) is 5.56. The average Bonchev–Trinajstić information content (AvgIpc) is 2.82. The van der Waals surface area contributed by atoms with Crippen LogP contribution >= 0.6 is 0 Å². The van der Waals surface area contributed by atoms with Crippen molar-refractivity contribution in [3.8, 4) is 0 Å². The Balaban J connectivity index is 1.67. The van der Waals surface area contributed by atoms with Crippen molar-refractivity contribution in [1.29, 1.82) is 0 Å². The van der Waals surface area contributed by atoms with Gasteiger partial charge in [-0.25, -0.2) is 0 Å². The molecule has 2 rings (SSSR count).